The van der Waals surface area contributed by atoms with Crippen molar-refractivity contribution in [2.45, 2.75) is 6.92 Å². The zero-order valence-electron chi connectivity index (χ0n) is 10.6. The Morgan fingerprint density at radius 2 is 1.85 bits per heavy atom. The van der Waals surface area contributed by atoms with E-state index in [9.17, 15) is 5.11 Å². The van der Waals surface area contributed by atoms with Crippen LogP contribution in [0.4, 0.5) is 0 Å². The maximum absolute atomic E-state index is 9.49. The number of aryl methyl sites for hydroxylation is 1. The number of hydrogen-bond acceptors (Lipinski definition) is 3. The average Bonchev–Trinajstić information content (AvgIpc) is 2.42. The fraction of sp³-hybridized carbons (Fsp3) is 0.0667. The van der Waals surface area contributed by atoms with Gasteiger partial charge in [0.15, 0.2) is 5.82 Å². The first kappa shape index (κ1) is 13.2. The van der Waals surface area contributed by atoms with E-state index < -0.39 is 0 Å². The van der Waals surface area contributed by atoms with Crippen molar-refractivity contribution >= 4 is 34.1 Å². The van der Waals surface area contributed by atoms with Crippen LogP contribution in [0, 0.1) is 6.92 Å². The van der Waals surface area contributed by atoms with Crippen LogP contribution in [0.5, 0.6) is 5.75 Å². The summed E-state index contributed by atoms with van der Waals surface area (Å²) in [4.78, 5) is 8.73. The molecule has 0 atom stereocenters. The van der Waals surface area contributed by atoms with Crippen molar-refractivity contribution in [3.05, 3.63) is 52.1 Å². The molecule has 0 unspecified atom stereocenters. The molecule has 0 spiro atoms. The van der Waals surface area contributed by atoms with Gasteiger partial charge in [0.2, 0.25) is 0 Å². The molecule has 0 amide bonds. The van der Waals surface area contributed by atoms with E-state index >= 15 is 0 Å². The second-order valence-corrected chi connectivity index (χ2v) is 5.21. The van der Waals surface area contributed by atoms with Crippen LogP contribution >= 0.6 is 23.2 Å². The molecule has 0 aliphatic heterocycles. The summed E-state index contributed by atoms with van der Waals surface area (Å²) in [7, 11) is 0. The fourth-order valence-corrected chi connectivity index (χ4v) is 2.46. The number of aromatic nitrogens is 2. The Kier molecular flexibility index (Phi) is 3.24. The molecule has 5 heteroatoms. The molecule has 20 heavy (non-hydrogen) atoms. The monoisotopic (exact) mass is 304 g/mol. The second-order valence-electron chi connectivity index (χ2n) is 4.48. The smallest absolute Gasteiger partial charge is 0.163 e. The lowest BCUT2D eigenvalue weighted by atomic mass is 10.1. The highest BCUT2D eigenvalue weighted by Crippen LogP contribution is 2.31. The Hall–Kier alpha value is -1.84. The van der Waals surface area contributed by atoms with Gasteiger partial charge < -0.3 is 5.11 Å². The van der Waals surface area contributed by atoms with Crippen LogP contribution in [0.15, 0.2) is 36.4 Å². The number of rotatable bonds is 1. The molecule has 2 aromatic carbocycles. The van der Waals surface area contributed by atoms with Crippen molar-refractivity contribution in [2.24, 2.45) is 0 Å². The number of fused-ring (bicyclic) bond motifs is 1. The fourth-order valence-electron chi connectivity index (χ4n) is 2.02. The first-order chi connectivity index (χ1) is 9.56. The first-order valence-electron chi connectivity index (χ1n) is 5.98. The number of phenols is 1. The molecule has 0 radical (unpaired) electrons. The molecular weight excluding hydrogens is 295 g/mol. The Morgan fingerprint density at radius 3 is 2.65 bits per heavy atom. The van der Waals surface area contributed by atoms with Gasteiger partial charge in [-0.15, -0.1) is 0 Å². The zero-order valence-corrected chi connectivity index (χ0v) is 12.1. The third kappa shape index (κ3) is 2.19. The van der Waals surface area contributed by atoms with Crippen LogP contribution in [0.3, 0.4) is 0 Å². The highest BCUT2D eigenvalue weighted by Gasteiger charge is 2.12. The summed E-state index contributed by atoms with van der Waals surface area (Å²) < 4.78 is 0. The molecule has 100 valence electrons. The summed E-state index contributed by atoms with van der Waals surface area (Å²) in [6, 6.07) is 10.5. The van der Waals surface area contributed by atoms with Crippen molar-refractivity contribution in [1.29, 1.82) is 0 Å². The molecule has 1 N–H and O–H groups in total. The first-order valence-corrected chi connectivity index (χ1v) is 6.73. The third-order valence-corrected chi connectivity index (χ3v) is 3.86. The van der Waals surface area contributed by atoms with Crippen molar-refractivity contribution in [3.8, 4) is 17.1 Å². The third-order valence-electron chi connectivity index (χ3n) is 3.07. The summed E-state index contributed by atoms with van der Waals surface area (Å²) >= 11 is 12.5. The van der Waals surface area contributed by atoms with E-state index in [1.54, 1.807) is 18.2 Å². The number of phenolic OH excluding ortho intramolecular Hbond substituents is 1. The van der Waals surface area contributed by atoms with E-state index in [2.05, 4.69) is 9.97 Å². The van der Waals surface area contributed by atoms with Gasteiger partial charge in [0.05, 0.1) is 10.5 Å². The summed E-state index contributed by atoms with van der Waals surface area (Å²) in [6.07, 6.45) is 0. The van der Waals surface area contributed by atoms with Gasteiger partial charge in [0.1, 0.15) is 10.9 Å². The Labute approximate surface area is 125 Å². The molecule has 0 fully saturated rings. The molecule has 0 saturated carbocycles. The summed E-state index contributed by atoms with van der Waals surface area (Å²) in [5.41, 5.74) is 2.36. The van der Waals surface area contributed by atoms with E-state index in [1.807, 2.05) is 25.1 Å². The van der Waals surface area contributed by atoms with E-state index in [-0.39, 0.29) is 5.75 Å². The molecule has 3 nitrogen and oxygen atoms in total. The highest BCUT2D eigenvalue weighted by atomic mass is 35.5. The number of nitrogens with zero attached hydrogens (tertiary/aromatic N) is 2. The lowest BCUT2D eigenvalue weighted by Gasteiger charge is -2.08. The maximum atomic E-state index is 9.49. The van der Waals surface area contributed by atoms with Crippen LogP contribution in [0.2, 0.25) is 10.2 Å². The van der Waals surface area contributed by atoms with Gasteiger partial charge in [-0.3, -0.25) is 0 Å². The van der Waals surface area contributed by atoms with Crippen LogP contribution in [0.1, 0.15) is 5.56 Å². The van der Waals surface area contributed by atoms with Crippen LogP contribution in [0.25, 0.3) is 22.3 Å². The Bertz CT molecular complexity index is 818. The van der Waals surface area contributed by atoms with Crippen molar-refractivity contribution in [2.75, 3.05) is 0 Å². The second kappa shape index (κ2) is 4.93. The molecular formula is C15H10Cl2N2O. The topological polar surface area (TPSA) is 46.0 Å². The summed E-state index contributed by atoms with van der Waals surface area (Å²) in [6.45, 7) is 1.92. The zero-order chi connectivity index (χ0) is 14.3. The average molecular weight is 305 g/mol. The number of hydrogen-bond donors (Lipinski definition) is 1. The quantitative estimate of drug-likeness (QED) is 0.667. The molecule has 1 heterocycles. The molecule has 0 bridgehead atoms. The molecule has 0 aliphatic carbocycles. The van der Waals surface area contributed by atoms with E-state index in [0.29, 0.717) is 26.9 Å². The highest BCUT2D eigenvalue weighted by molar-refractivity contribution is 6.35. The normalized spacial score (nSPS) is 10.9. The van der Waals surface area contributed by atoms with Gasteiger partial charge in [-0.2, -0.15) is 0 Å². The Morgan fingerprint density at radius 1 is 1.05 bits per heavy atom. The van der Waals surface area contributed by atoms with Gasteiger partial charge in [0.25, 0.3) is 0 Å². The van der Waals surface area contributed by atoms with E-state index in [0.717, 1.165) is 11.1 Å². The van der Waals surface area contributed by atoms with Crippen LogP contribution in [-0.4, -0.2) is 15.1 Å². The minimum Gasteiger partial charge on any atom is -0.508 e. The van der Waals surface area contributed by atoms with Gasteiger partial charge in [-0.25, -0.2) is 9.97 Å². The van der Waals surface area contributed by atoms with Gasteiger partial charge in [0, 0.05) is 10.9 Å². The number of halogens is 2. The minimum absolute atomic E-state index is 0.129. The van der Waals surface area contributed by atoms with Crippen molar-refractivity contribution < 1.29 is 5.11 Å². The minimum atomic E-state index is 0.129. The maximum Gasteiger partial charge on any atom is 0.163 e. The predicted molar refractivity (Wildman–Crippen MR) is 81.4 cm³/mol. The molecule has 3 rings (SSSR count). The SMILES string of the molecule is Cc1cccc(-c2nc(Cl)c3cc(O)ccc3n2)c1Cl. The molecule has 3 aromatic rings. The van der Waals surface area contributed by atoms with Gasteiger partial charge >= 0.3 is 0 Å². The lowest BCUT2D eigenvalue weighted by molar-refractivity contribution is 0.476. The van der Waals surface area contributed by atoms with Crippen LogP contribution < -0.4 is 0 Å². The predicted octanol–water partition coefficient (Wildman–Crippen LogP) is 4.62. The molecule has 0 aliphatic rings. The molecule has 1 aromatic heterocycles. The largest absolute Gasteiger partial charge is 0.508 e. The Balaban J connectivity index is 2.28. The standard InChI is InChI=1S/C15H10Cl2N2O/c1-8-3-2-4-10(13(8)16)15-18-12-6-5-9(20)7-11(12)14(17)19-15/h2-7,20H,1H3. The van der Waals surface area contributed by atoms with Gasteiger partial charge in [-0.05, 0) is 36.8 Å². The number of aromatic hydroxyl groups is 1. The van der Waals surface area contributed by atoms with Gasteiger partial charge in [-0.1, -0.05) is 35.3 Å². The van der Waals surface area contributed by atoms with E-state index in [1.165, 1.54) is 0 Å². The lowest BCUT2D eigenvalue weighted by Crippen LogP contribution is -1.93. The molecule has 0 saturated heterocycles. The van der Waals surface area contributed by atoms with Crippen LogP contribution in [-0.2, 0) is 0 Å². The summed E-state index contributed by atoms with van der Waals surface area (Å²) in [5, 5.41) is 11.0. The number of benzene rings is 2. The van der Waals surface area contributed by atoms with E-state index in [4.69, 9.17) is 23.2 Å². The van der Waals surface area contributed by atoms with Crippen molar-refractivity contribution in [3.63, 3.8) is 0 Å². The summed E-state index contributed by atoms with van der Waals surface area (Å²) in [5.74, 6) is 0.603. The van der Waals surface area contributed by atoms with Crippen molar-refractivity contribution in [1.82, 2.24) is 9.97 Å².